The van der Waals surface area contributed by atoms with Crippen molar-refractivity contribution in [2.75, 3.05) is 6.61 Å². The summed E-state index contributed by atoms with van der Waals surface area (Å²) in [6.45, 7) is 22.7. The number of hydrogen-bond donors (Lipinski definition) is 0. The van der Waals surface area contributed by atoms with Gasteiger partial charge in [0.25, 0.3) is 0 Å². The molecule has 0 aromatic carbocycles. The van der Waals surface area contributed by atoms with Gasteiger partial charge in [0.1, 0.15) is 12.7 Å². The van der Waals surface area contributed by atoms with E-state index in [0.717, 1.165) is 12.3 Å². The molecule has 0 aromatic rings. The Kier molecular flexibility index (Phi) is 11.3. The van der Waals surface area contributed by atoms with E-state index in [2.05, 4.69) is 60.6 Å². The van der Waals surface area contributed by atoms with Crippen LogP contribution in [0.4, 0.5) is 0 Å². The predicted octanol–water partition coefficient (Wildman–Crippen LogP) is 9.03. The van der Waals surface area contributed by atoms with Gasteiger partial charge in [-0.3, -0.25) is 19.2 Å². The summed E-state index contributed by atoms with van der Waals surface area (Å²) in [7, 11) is 0. The van der Waals surface area contributed by atoms with Crippen LogP contribution in [-0.4, -0.2) is 48.8 Å². The zero-order valence-electron chi connectivity index (χ0n) is 33.6. The Bertz CT molecular complexity index is 1370. The van der Waals surface area contributed by atoms with Crippen LogP contribution in [0.5, 0.6) is 0 Å². The number of carbonyl (C=O) groups excluding carboxylic acids is 4. The van der Waals surface area contributed by atoms with E-state index in [0.29, 0.717) is 46.8 Å². The van der Waals surface area contributed by atoms with Crippen molar-refractivity contribution in [3.8, 4) is 0 Å². The van der Waals surface area contributed by atoms with Crippen molar-refractivity contribution in [1.82, 2.24) is 0 Å². The van der Waals surface area contributed by atoms with Crippen molar-refractivity contribution < 1.29 is 38.1 Å². The summed E-state index contributed by atoms with van der Waals surface area (Å²) >= 11 is 0. The largest absolute Gasteiger partial charge is 0.462 e. The Balaban J connectivity index is 1.34. The van der Waals surface area contributed by atoms with Gasteiger partial charge in [0.15, 0.2) is 12.2 Å². The van der Waals surface area contributed by atoms with Crippen molar-refractivity contribution in [3.05, 3.63) is 12.2 Å². The maximum Gasteiger partial charge on any atom is 0.303 e. The minimum absolute atomic E-state index is 0.194. The van der Waals surface area contributed by atoms with Gasteiger partial charge >= 0.3 is 23.9 Å². The van der Waals surface area contributed by atoms with E-state index in [1.165, 1.54) is 85.5 Å². The normalized spacial score (nSPS) is 40.2. The molecule has 4 saturated carbocycles. The molecule has 8 heteroatoms. The molecule has 8 nitrogen and oxygen atoms in total. The van der Waals surface area contributed by atoms with E-state index < -0.39 is 42.2 Å². The third-order valence-electron chi connectivity index (χ3n) is 15.9. The molecule has 0 aromatic heterocycles. The Morgan fingerprint density at radius 1 is 0.686 bits per heavy atom. The summed E-state index contributed by atoms with van der Waals surface area (Å²) in [6.07, 6.45) is 15.1. The summed E-state index contributed by atoms with van der Waals surface area (Å²) in [4.78, 5) is 48.3. The third-order valence-corrected chi connectivity index (χ3v) is 15.9. The van der Waals surface area contributed by atoms with E-state index in [1.54, 1.807) is 0 Å². The highest BCUT2D eigenvalue weighted by Gasteiger charge is 2.69. The molecular formula is C43H68O8. The van der Waals surface area contributed by atoms with E-state index in [-0.39, 0.29) is 22.9 Å². The first-order chi connectivity index (χ1) is 23.7. The molecule has 13 unspecified atom stereocenters. The summed E-state index contributed by atoms with van der Waals surface area (Å²) in [5.74, 6) is 1.29. The van der Waals surface area contributed by atoms with Gasteiger partial charge in [-0.15, -0.1) is 0 Å². The van der Waals surface area contributed by atoms with Gasteiger partial charge in [-0.1, -0.05) is 67.0 Å². The van der Waals surface area contributed by atoms with Crippen LogP contribution >= 0.6 is 0 Å². The first-order valence-corrected chi connectivity index (χ1v) is 20.0. The number of hydrogen-bond acceptors (Lipinski definition) is 8. The van der Waals surface area contributed by atoms with E-state index in [4.69, 9.17) is 18.9 Å². The lowest BCUT2D eigenvalue weighted by Gasteiger charge is -2.71. The van der Waals surface area contributed by atoms with Gasteiger partial charge < -0.3 is 18.9 Å². The summed E-state index contributed by atoms with van der Waals surface area (Å²) in [5.41, 5.74) is 1.45. The lowest BCUT2D eigenvalue weighted by Crippen LogP contribution is -2.64. The van der Waals surface area contributed by atoms with Crippen molar-refractivity contribution in [1.29, 1.82) is 0 Å². The molecule has 0 radical (unpaired) electrons. The summed E-state index contributed by atoms with van der Waals surface area (Å²) in [5, 5.41) is 0. The van der Waals surface area contributed by atoms with Gasteiger partial charge in [0, 0.05) is 27.7 Å². The zero-order valence-corrected chi connectivity index (χ0v) is 33.6. The fraction of sp³-hybridized carbons (Fsp3) is 0.860. The fourth-order valence-electron chi connectivity index (χ4n) is 13.6. The molecule has 0 spiro atoms. The Labute approximate surface area is 307 Å². The molecule has 0 heterocycles. The van der Waals surface area contributed by atoms with E-state index in [9.17, 15) is 19.2 Å². The molecule has 13 atom stereocenters. The first-order valence-electron chi connectivity index (χ1n) is 20.0. The first kappa shape index (κ1) is 39.8. The zero-order chi connectivity index (χ0) is 37.7. The number of carbonyl (C=O) groups is 4. The van der Waals surface area contributed by atoms with E-state index in [1.807, 2.05) is 0 Å². The Hall–Kier alpha value is -2.38. The highest BCUT2D eigenvalue weighted by molar-refractivity contribution is 5.68. The van der Waals surface area contributed by atoms with Crippen LogP contribution in [0.3, 0.4) is 0 Å². The molecule has 4 fully saturated rings. The third kappa shape index (κ3) is 7.16. The van der Waals surface area contributed by atoms with Crippen molar-refractivity contribution in [2.45, 2.75) is 165 Å². The molecule has 288 valence electrons. The van der Waals surface area contributed by atoms with Gasteiger partial charge in [-0.2, -0.15) is 0 Å². The number of ether oxygens (including phenoxy) is 4. The van der Waals surface area contributed by atoms with Gasteiger partial charge in [-0.05, 0) is 127 Å². The molecule has 0 saturated heterocycles. The van der Waals surface area contributed by atoms with Gasteiger partial charge in [0.05, 0.1) is 0 Å². The average Bonchev–Trinajstić information content (AvgIpc) is 3.36. The lowest BCUT2D eigenvalue weighted by molar-refractivity contribution is -0.198. The highest BCUT2D eigenvalue weighted by Crippen LogP contribution is 2.76. The fourth-order valence-corrected chi connectivity index (χ4v) is 13.6. The predicted molar refractivity (Wildman–Crippen MR) is 196 cm³/mol. The molecule has 0 amide bonds. The second kappa shape index (κ2) is 14.5. The molecule has 5 aliphatic rings. The quantitative estimate of drug-likeness (QED) is 0.119. The van der Waals surface area contributed by atoms with Crippen molar-refractivity contribution >= 4 is 23.9 Å². The topological polar surface area (TPSA) is 105 Å². The second-order valence-corrected chi connectivity index (χ2v) is 19.1. The Morgan fingerprint density at radius 2 is 1.31 bits per heavy atom. The number of fused-ring (bicyclic) bond motifs is 7. The van der Waals surface area contributed by atoms with Crippen LogP contribution in [0.25, 0.3) is 0 Å². The van der Waals surface area contributed by atoms with Crippen LogP contribution in [0.1, 0.15) is 147 Å². The minimum Gasteiger partial charge on any atom is -0.462 e. The maximum absolute atomic E-state index is 12.3. The van der Waals surface area contributed by atoms with Crippen molar-refractivity contribution in [3.63, 3.8) is 0 Å². The molecular weight excluding hydrogens is 644 g/mol. The summed E-state index contributed by atoms with van der Waals surface area (Å²) in [6, 6.07) is 0. The van der Waals surface area contributed by atoms with Gasteiger partial charge in [0.2, 0.25) is 0 Å². The Morgan fingerprint density at radius 3 is 1.94 bits per heavy atom. The second-order valence-electron chi connectivity index (χ2n) is 19.1. The van der Waals surface area contributed by atoms with Crippen LogP contribution in [0, 0.1) is 62.6 Å². The molecule has 5 rings (SSSR count). The van der Waals surface area contributed by atoms with Crippen LogP contribution in [0.2, 0.25) is 0 Å². The standard InChI is InChI=1S/C43H68O8/c1-26(13-14-33(49-28(3)45)38(51-30(5)47)34(50-29(4)46)25-48-27(2)44)31-17-22-40(8)32(31)18-23-42(10)36(40)15-16-37-41(9)21-12-20-39(6,7)35(41)19-24-43(37,42)11/h19,24,26,31-38H,12-18,20-23,25H2,1-11H3. The lowest BCUT2D eigenvalue weighted by atomic mass is 9.33. The smallest absolute Gasteiger partial charge is 0.303 e. The van der Waals surface area contributed by atoms with Gasteiger partial charge in [-0.25, -0.2) is 0 Å². The maximum atomic E-state index is 12.3. The number of rotatable bonds is 11. The molecule has 0 aliphatic heterocycles. The molecule has 0 bridgehead atoms. The van der Waals surface area contributed by atoms with Crippen LogP contribution in [0.15, 0.2) is 12.2 Å². The van der Waals surface area contributed by atoms with Crippen LogP contribution < -0.4 is 0 Å². The van der Waals surface area contributed by atoms with Crippen LogP contribution in [-0.2, 0) is 38.1 Å². The average molecular weight is 713 g/mol. The van der Waals surface area contributed by atoms with Crippen molar-refractivity contribution in [2.24, 2.45) is 62.6 Å². The minimum atomic E-state index is -1.11. The SMILES string of the molecule is CC(=O)OCC(OC(C)=O)C(OC(C)=O)C(CCC(C)C1CCC2(C)C1CCC1(C)C2CCC2C3(C)CCCC(C)(C)C3C=CC21C)OC(C)=O. The summed E-state index contributed by atoms with van der Waals surface area (Å²) < 4.78 is 22.1. The molecule has 51 heavy (non-hydrogen) atoms. The number of allylic oxidation sites excluding steroid dienone is 2. The molecule has 0 N–H and O–H groups in total. The monoisotopic (exact) mass is 712 g/mol. The molecule has 5 aliphatic carbocycles. The van der Waals surface area contributed by atoms with E-state index >= 15 is 0 Å². The highest BCUT2D eigenvalue weighted by atomic mass is 16.6. The number of esters is 4.